The van der Waals surface area contributed by atoms with Crippen LogP contribution in [0, 0.1) is 10.8 Å². The van der Waals surface area contributed by atoms with Crippen LogP contribution >= 0.6 is 0 Å². The summed E-state index contributed by atoms with van der Waals surface area (Å²) in [5.74, 6) is 0. The Kier molecular flexibility index (Phi) is 3.32. The molecule has 0 amide bonds. The van der Waals surface area contributed by atoms with Gasteiger partial charge in [0.2, 0.25) is 0 Å². The second-order valence-electron chi connectivity index (χ2n) is 5.70. The SMILES string of the molecule is CC(C)(C)C(N)C(O)C(C)(C)C. The lowest BCUT2D eigenvalue weighted by Gasteiger charge is -2.38. The second-order valence-corrected chi connectivity index (χ2v) is 5.70. The van der Waals surface area contributed by atoms with Crippen LogP contribution in [-0.2, 0) is 0 Å². The van der Waals surface area contributed by atoms with Crippen molar-refractivity contribution in [1.29, 1.82) is 0 Å². The van der Waals surface area contributed by atoms with Crippen LogP contribution in [-0.4, -0.2) is 17.3 Å². The predicted molar refractivity (Wildman–Crippen MR) is 52.9 cm³/mol. The van der Waals surface area contributed by atoms with Crippen LogP contribution in [0.15, 0.2) is 0 Å². The standard InChI is InChI=1S/C10H23NO/c1-9(2,3)7(11)8(12)10(4,5)6/h7-8,12H,11H2,1-6H3. The monoisotopic (exact) mass is 173 g/mol. The van der Waals surface area contributed by atoms with Crippen molar-refractivity contribution in [1.82, 2.24) is 0 Å². The molecule has 0 aliphatic rings. The fourth-order valence-electron chi connectivity index (χ4n) is 1.01. The Morgan fingerprint density at radius 1 is 0.917 bits per heavy atom. The van der Waals surface area contributed by atoms with Crippen molar-refractivity contribution in [3.63, 3.8) is 0 Å². The van der Waals surface area contributed by atoms with Crippen LogP contribution in [0.5, 0.6) is 0 Å². The van der Waals surface area contributed by atoms with Crippen LogP contribution in [0.25, 0.3) is 0 Å². The first-order valence-corrected chi connectivity index (χ1v) is 4.50. The number of rotatable bonds is 1. The van der Waals surface area contributed by atoms with Crippen LogP contribution in [0.3, 0.4) is 0 Å². The zero-order chi connectivity index (χ0) is 10.2. The third kappa shape index (κ3) is 3.11. The molecule has 0 bridgehead atoms. The van der Waals surface area contributed by atoms with Gasteiger partial charge in [-0.3, -0.25) is 0 Å². The molecule has 0 aliphatic heterocycles. The molecule has 74 valence electrons. The highest BCUT2D eigenvalue weighted by Gasteiger charge is 2.34. The van der Waals surface area contributed by atoms with Crippen molar-refractivity contribution in [2.45, 2.75) is 53.7 Å². The molecule has 2 unspecified atom stereocenters. The molecular formula is C10H23NO. The summed E-state index contributed by atoms with van der Waals surface area (Å²) in [7, 11) is 0. The zero-order valence-corrected chi connectivity index (χ0v) is 9.18. The van der Waals surface area contributed by atoms with E-state index in [2.05, 4.69) is 0 Å². The van der Waals surface area contributed by atoms with E-state index >= 15 is 0 Å². The average molecular weight is 173 g/mol. The van der Waals surface area contributed by atoms with Crippen LogP contribution in [0.2, 0.25) is 0 Å². The Bertz CT molecular complexity index is 123. The van der Waals surface area contributed by atoms with Gasteiger partial charge < -0.3 is 10.8 Å². The molecule has 3 N–H and O–H groups in total. The molecule has 0 aromatic carbocycles. The molecule has 0 radical (unpaired) electrons. The third-order valence-electron chi connectivity index (χ3n) is 2.23. The fraction of sp³-hybridized carbons (Fsp3) is 1.00. The van der Waals surface area contributed by atoms with Gasteiger partial charge in [-0.1, -0.05) is 41.5 Å². The van der Waals surface area contributed by atoms with Gasteiger partial charge in [0.15, 0.2) is 0 Å². The van der Waals surface area contributed by atoms with Gasteiger partial charge in [-0.15, -0.1) is 0 Å². The lowest BCUT2D eigenvalue weighted by Crippen LogP contribution is -2.50. The molecule has 0 aromatic rings. The molecule has 0 fully saturated rings. The smallest absolute Gasteiger partial charge is 0.0744 e. The van der Waals surface area contributed by atoms with E-state index in [4.69, 9.17) is 5.73 Å². The summed E-state index contributed by atoms with van der Waals surface area (Å²) in [6.45, 7) is 12.2. The first-order chi connectivity index (χ1) is 5.07. The quantitative estimate of drug-likeness (QED) is 0.635. The van der Waals surface area contributed by atoms with Crippen molar-refractivity contribution >= 4 is 0 Å². The number of nitrogens with two attached hydrogens (primary N) is 1. The maximum absolute atomic E-state index is 9.86. The summed E-state index contributed by atoms with van der Waals surface area (Å²) in [5.41, 5.74) is 5.76. The second kappa shape index (κ2) is 3.35. The number of hydrogen-bond donors (Lipinski definition) is 2. The van der Waals surface area contributed by atoms with Gasteiger partial charge in [0.25, 0.3) is 0 Å². The summed E-state index contributed by atoms with van der Waals surface area (Å²) < 4.78 is 0. The highest BCUT2D eigenvalue weighted by atomic mass is 16.3. The molecule has 0 saturated heterocycles. The number of hydrogen-bond acceptors (Lipinski definition) is 2. The normalized spacial score (nSPS) is 19.0. The molecule has 0 rings (SSSR count). The lowest BCUT2D eigenvalue weighted by molar-refractivity contribution is 0.00795. The van der Waals surface area contributed by atoms with Crippen molar-refractivity contribution in [2.24, 2.45) is 16.6 Å². The Morgan fingerprint density at radius 3 is 1.33 bits per heavy atom. The molecule has 2 nitrogen and oxygen atoms in total. The maximum Gasteiger partial charge on any atom is 0.0744 e. The maximum atomic E-state index is 9.86. The Labute approximate surface area is 76.2 Å². The number of aliphatic hydroxyl groups excluding tert-OH is 1. The molecule has 0 aliphatic carbocycles. The van der Waals surface area contributed by atoms with Gasteiger partial charge >= 0.3 is 0 Å². The predicted octanol–water partition coefficient (Wildman–Crippen LogP) is 1.77. The Morgan fingerprint density at radius 2 is 1.25 bits per heavy atom. The van der Waals surface area contributed by atoms with Crippen molar-refractivity contribution in [2.75, 3.05) is 0 Å². The average Bonchev–Trinajstić information content (AvgIpc) is 1.80. The van der Waals surface area contributed by atoms with E-state index in [1.54, 1.807) is 0 Å². The minimum atomic E-state index is -0.447. The molecule has 0 heterocycles. The summed E-state index contributed by atoms with van der Waals surface area (Å²) in [5, 5.41) is 9.86. The highest BCUT2D eigenvalue weighted by molar-refractivity contribution is 4.89. The topological polar surface area (TPSA) is 46.2 Å². The largest absolute Gasteiger partial charge is 0.391 e. The van der Waals surface area contributed by atoms with E-state index in [1.165, 1.54) is 0 Å². The van der Waals surface area contributed by atoms with Crippen molar-refractivity contribution in [3.05, 3.63) is 0 Å². The molecule has 2 heteroatoms. The van der Waals surface area contributed by atoms with Crippen LogP contribution in [0.1, 0.15) is 41.5 Å². The summed E-state index contributed by atoms with van der Waals surface area (Å²) in [4.78, 5) is 0. The van der Waals surface area contributed by atoms with Gasteiger partial charge in [-0.25, -0.2) is 0 Å². The fourth-order valence-corrected chi connectivity index (χ4v) is 1.01. The van der Waals surface area contributed by atoms with Gasteiger partial charge in [0.05, 0.1) is 6.10 Å². The van der Waals surface area contributed by atoms with Crippen molar-refractivity contribution in [3.8, 4) is 0 Å². The molecule has 0 spiro atoms. The van der Waals surface area contributed by atoms with E-state index in [0.29, 0.717) is 0 Å². The van der Waals surface area contributed by atoms with Crippen LogP contribution in [0.4, 0.5) is 0 Å². The molecule has 0 saturated carbocycles. The van der Waals surface area contributed by atoms with Crippen molar-refractivity contribution < 1.29 is 5.11 Å². The number of aliphatic hydroxyl groups is 1. The van der Waals surface area contributed by atoms with Gasteiger partial charge in [0.1, 0.15) is 0 Å². The van der Waals surface area contributed by atoms with E-state index < -0.39 is 6.10 Å². The Balaban J connectivity index is 4.41. The zero-order valence-electron chi connectivity index (χ0n) is 9.18. The minimum absolute atomic E-state index is 0.0350. The molecule has 12 heavy (non-hydrogen) atoms. The van der Waals surface area contributed by atoms with Gasteiger partial charge in [-0.05, 0) is 10.8 Å². The molecule has 2 atom stereocenters. The third-order valence-corrected chi connectivity index (χ3v) is 2.23. The van der Waals surface area contributed by atoms with E-state index in [0.717, 1.165) is 0 Å². The summed E-state index contributed by atoms with van der Waals surface area (Å²) in [6, 6.07) is -0.169. The van der Waals surface area contributed by atoms with E-state index in [-0.39, 0.29) is 16.9 Å². The molecular weight excluding hydrogens is 150 g/mol. The Hall–Kier alpha value is -0.0800. The molecule has 0 aromatic heterocycles. The van der Waals surface area contributed by atoms with Crippen LogP contribution < -0.4 is 5.73 Å². The van der Waals surface area contributed by atoms with E-state index in [9.17, 15) is 5.11 Å². The van der Waals surface area contributed by atoms with Gasteiger partial charge in [0, 0.05) is 6.04 Å². The highest BCUT2D eigenvalue weighted by Crippen LogP contribution is 2.29. The minimum Gasteiger partial charge on any atom is -0.391 e. The summed E-state index contributed by atoms with van der Waals surface area (Å²) in [6.07, 6.45) is -0.447. The lowest BCUT2D eigenvalue weighted by atomic mass is 9.75. The first-order valence-electron chi connectivity index (χ1n) is 4.50. The summed E-state index contributed by atoms with van der Waals surface area (Å²) >= 11 is 0. The first kappa shape index (κ1) is 11.9. The van der Waals surface area contributed by atoms with E-state index in [1.807, 2.05) is 41.5 Å². The van der Waals surface area contributed by atoms with Gasteiger partial charge in [-0.2, -0.15) is 0 Å².